The smallest absolute Gasteiger partial charge is 0.311 e. The summed E-state index contributed by atoms with van der Waals surface area (Å²) in [6, 6.07) is 15.1. The minimum absolute atomic E-state index is 0.176. The number of amides is 1. The fourth-order valence-electron chi connectivity index (χ4n) is 2.35. The Kier molecular flexibility index (Phi) is 4.51. The number of benzene rings is 2. The molecule has 25 heavy (non-hydrogen) atoms. The van der Waals surface area contributed by atoms with Crippen LogP contribution < -0.4 is 5.43 Å². The number of imidazole rings is 1. The van der Waals surface area contributed by atoms with Gasteiger partial charge in [-0.15, -0.1) is 0 Å². The second kappa shape index (κ2) is 6.76. The molecule has 0 saturated carbocycles. The molecular formula is C17H13F3N4O. The largest absolute Gasteiger partial charge is 0.449 e. The van der Waals surface area contributed by atoms with Gasteiger partial charge in [-0.3, -0.25) is 4.79 Å². The standard InChI is InChI=1S/C17H13F3N4O/c18-17(19,20)16-22-13-8-4-5-9-14(13)24(16)11-15(25)23-21-10-12-6-2-1-3-7-12/h1-10H,11H2,(H,23,25)/b21-10-. The van der Waals surface area contributed by atoms with Gasteiger partial charge in [0, 0.05) is 0 Å². The van der Waals surface area contributed by atoms with Crippen LogP contribution in [0.3, 0.4) is 0 Å². The van der Waals surface area contributed by atoms with E-state index in [1.807, 2.05) is 6.07 Å². The Morgan fingerprint density at radius 1 is 1.12 bits per heavy atom. The number of hydrogen-bond donors (Lipinski definition) is 1. The molecule has 3 rings (SSSR count). The van der Waals surface area contributed by atoms with Crippen LogP contribution in [-0.2, 0) is 17.5 Å². The van der Waals surface area contributed by atoms with Crippen LogP contribution in [0.1, 0.15) is 11.4 Å². The van der Waals surface area contributed by atoms with Crippen LogP contribution in [0.4, 0.5) is 13.2 Å². The van der Waals surface area contributed by atoms with Crippen molar-refractivity contribution in [3.8, 4) is 0 Å². The molecule has 1 heterocycles. The highest BCUT2D eigenvalue weighted by atomic mass is 19.4. The number of halogens is 3. The summed E-state index contributed by atoms with van der Waals surface area (Å²) in [5.41, 5.74) is 3.39. The number of hydrogen-bond acceptors (Lipinski definition) is 3. The quantitative estimate of drug-likeness (QED) is 0.583. The fourth-order valence-corrected chi connectivity index (χ4v) is 2.35. The molecule has 0 atom stereocenters. The first-order valence-corrected chi connectivity index (χ1v) is 7.34. The molecular weight excluding hydrogens is 333 g/mol. The molecule has 0 aliphatic carbocycles. The molecule has 1 amide bonds. The van der Waals surface area contributed by atoms with Gasteiger partial charge in [0.1, 0.15) is 6.54 Å². The second-order valence-electron chi connectivity index (χ2n) is 5.21. The number of hydrazone groups is 1. The van der Waals surface area contributed by atoms with Crippen molar-refractivity contribution in [2.75, 3.05) is 0 Å². The van der Waals surface area contributed by atoms with Crippen molar-refractivity contribution in [2.45, 2.75) is 12.7 Å². The maximum absolute atomic E-state index is 13.2. The van der Waals surface area contributed by atoms with E-state index in [-0.39, 0.29) is 11.0 Å². The lowest BCUT2D eigenvalue weighted by Gasteiger charge is -2.10. The van der Waals surface area contributed by atoms with Crippen LogP contribution in [0, 0.1) is 0 Å². The Hall–Kier alpha value is -3.16. The van der Waals surface area contributed by atoms with Crippen molar-refractivity contribution in [1.82, 2.24) is 15.0 Å². The van der Waals surface area contributed by atoms with Crippen LogP contribution in [0.25, 0.3) is 11.0 Å². The lowest BCUT2D eigenvalue weighted by atomic mass is 10.2. The highest BCUT2D eigenvalue weighted by Gasteiger charge is 2.37. The van der Waals surface area contributed by atoms with Crippen molar-refractivity contribution < 1.29 is 18.0 Å². The van der Waals surface area contributed by atoms with Gasteiger partial charge in [-0.2, -0.15) is 18.3 Å². The van der Waals surface area contributed by atoms with Crippen molar-refractivity contribution in [3.05, 3.63) is 66.0 Å². The van der Waals surface area contributed by atoms with Crippen LogP contribution in [-0.4, -0.2) is 21.7 Å². The van der Waals surface area contributed by atoms with Crippen molar-refractivity contribution in [1.29, 1.82) is 0 Å². The molecule has 0 saturated heterocycles. The Labute approximate surface area is 140 Å². The van der Waals surface area contributed by atoms with Gasteiger partial charge >= 0.3 is 6.18 Å². The van der Waals surface area contributed by atoms with Crippen LogP contribution in [0.15, 0.2) is 59.7 Å². The Morgan fingerprint density at radius 3 is 2.52 bits per heavy atom. The van der Waals surface area contributed by atoms with Crippen molar-refractivity contribution >= 4 is 23.2 Å². The zero-order valence-electron chi connectivity index (χ0n) is 12.9. The van der Waals surface area contributed by atoms with Gasteiger partial charge in [0.2, 0.25) is 5.82 Å². The maximum atomic E-state index is 13.2. The van der Waals surface area contributed by atoms with Gasteiger partial charge in [0.05, 0.1) is 17.2 Å². The molecule has 3 aromatic rings. The first-order valence-electron chi connectivity index (χ1n) is 7.34. The maximum Gasteiger partial charge on any atom is 0.449 e. The summed E-state index contributed by atoms with van der Waals surface area (Å²) in [6.07, 6.45) is -3.25. The lowest BCUT2D eigenvalue weighted by molar-refractivity contribution is -0.147. The molecule has 0 aliphatic rings. The van der Waals surface area contributed by atoms with E-state index in [0.717, 1.165) is 10.1 Å². The lowest BCUT2D eigenvalue weighted by Crippen LogP contribution is -2.26. The summed E-state index contributed by atoms with van der Waals surface area (Å²) in [4.78, 5) is 15.6. The van der Waals surface area contributed by atoms with E-state index in [1.165, 1.54) is 18.3 Å². The zero-order valence-corrected chi connectivity index (χ0v) is 12.9. The van der Waals surface area contributed by atoms with Gasteiger partial charge in [-0.1, -0.05) is 42.5 Å². The Bertz CT molecular complexity index is 917. The number of aromatic nitrogens is 2. The number of rotatable bonds is 4. The molecule has 0 bridgehead atoms. The number of alkyl halides is 3. The van der Waals surface area contributed by atoms with E-state index >= 15 is 0 Å². The molecule has 0 spiro atoms. The monoisotopic (exact) mass is 346 g/mol. The number of nitrogens with one attached hydrogen (secondary N) is 1. The van der Waals surface area contributed by atoms with Gasteiger partial charge in [-0.05, 0) is 17.7 Å². The highest BCUT2D eigenvalue weighted by Crippen LogP contribution is 2.31. The minimum atomic E-state index is -4.66. The van der Waals surface area contributed by atoms with E-state index in [1.54, 1.807) is 36.4 Å². The van der Waals surface area contributed by atoms with Crippen LogP contribution in [0.5, 0.6) is 0 Å². The van der Waals surface area contributed by atoms with Gasteiger partial charge in [0.15, 0.2) is 0 Å². The summed E-state index contributed by atoms with van der Waals surface area (Å²) in [5, 5.41) is 3.75. The van der Waals surface area contributed by atoms with Gasteiger partial charge in [0.25, 0.3) is 5.91 Å². The third-order valence-electron chi connectivity index (χ3n) is 3.41. The number of carbonyl (C=O) groups excluding carboxylic acids is 1. The van der Waals surface area contributed by atoms with Gasteiger partial charge < -0.3 is 4.57 Å². The molecule has 0 radical (unpaired) electrons. The van der Waals surface area contributed by atoms with Crippen molar-refractivity contribution in [3.63, 3.8) is 0 Å². The molecule has 2 aromatic carbocycles. The number of para-hydroxylation sites is 2. The highest BCUT2D eigenvalue weighted by molar-refractivity contribution is 5.83. The average molecular weight is 346 g/mol. The van der Waals surface area contributed by atoms with E-state index in [9.17, 15) is 18.0 Å². The molecule has 8 heteroatoms. The molecule has 1 aromatic heterocycles. The number of fused-ring (bicyclic) bond motifs is 1. The SMILES string of the molecule is O=C(Cn1c(C(F)(F)F)nc2ccccc21)N/N=C\c1ccccc1. The number of nitrogens with zero attached hydrogens (tertiary/aromatic N) is 3. The molecule has 0 unspecified atom stereocenters. The summed E-state index contributed by atoms with van der Waals surface area (Å²) >= 11 is 0. The average Bonchev–Trinajstić information content (AvgIpc) is 2.95. The minimum Gasteiger partial charge on any atom is -0.311 e. The van der Waals surface area contributed by atoms with E-state index in [0.29, 0.717) is 0 Å². The van der Waals surface area contributed by atoms with E-state index < -0.39 is 24.5 Å². The molecule has 0 aliphatic heterocycles. The first-order chi connectivity index (χ1) is 11.9. The third-order valence-corrected chi connectivity index (χ3v) is 3.41. The molecule has 0 fully saturated rings. The first kappa shape index (κ1) is 16.7. The van der Waals surface area contributed by atoms with Crippen molar-refractivity contribution in [2.24, 2.45) is 5.10 Å². The van der Waals surface area contributed by atoms with E-state index in [4.69, 9.17) is 0 Å². The number of carbonyl (C=O) groups is 1. The fraction of sp³-hybridized carbons (Fsp3) is 0.118. The van der Waals surface area contributed by atoms with Crippen LogP contribution >= 0.6 is 0 Å². The summed E-state index contributed by atoms with van der Waals surface area (Å²) in [6.45, 7) is -0.540. The third kappa shape index (κ3) is 3.85. The van der Waals surface area contributed by atoms with Crippen LogP contribution in [0.2, 0.25) is 0 Å². The van der Waals surface area contributed by atoms with Gasteiger partial charge in [-0.25, -0.2) is 10.4 Å². The summed E-state index contributed by atoms with van der Waals surface area (Å²) in [5.74, 6) is -1.79. The molecule has 5 nitrogen and oxygen atoms in total. The second-order valence-corrected chi connectivity index (χ2v) is 5.21. The predicted octanol–water partition coefficient (Wildman–Crippen LogP) is 3.21. The molecule has 1 N–H and O–H groups in total. The van der Waals surface area contributed by atoms with E-state index in [2.05, 4.69) is 15.5 Å². The summed E-state index contributed by atoms with van der Waals surface area (Å²) < 4.78 is 40.3. The Morgan fingerprint density at radius 2 is 1.80 bits per heavy atom. The topological polar surface area (TPSA) is 59.3 Å². The predicted molar refractivity (Wildman–Crippen MR) is 86.9 cm³/mol. The summed E-state index contributed by atoms with van der Waals surface area (Å²) in [7, 11) is 0. The Balaban J connectivity index is 1.80. The normalized spacial score (nSPS) is 12.0. The molecule has 128 valence electrons. The zero-order chi connectivity index (χ0) is 17.9.